The number of nitrogens with one attached hydrogen (secondary N) is 1. The number of rotatable bonds is 4. The van der Waals surface area contributed by atoms with Gasteiger partial charge in [-0.1, -0.05) is 6.07 Å². The van der Waals surface area contributed by atoms with E-state index in [1.807, 2.05) is 0 Å². The van der Waals surface area contributed by atoms with Crippen molar-refractivity contribution in [2.75, 3.05) is 11.9 Å². The van der Waals surface area contributed by atoms with Gasteiger partial charge in [0.15, 0.2) is 0 Å². The van der Waals surface area contributed by atoms with Crippen molar-refractivity contribution in [1.29, 1.82) is 0 Å². The maximum absolute atomic E-state index is 10.6. The number of hydrogen-bond acceptors (Lipinski definition) is 4. The highest BCUT2D eigenvalue weighted by Gasteiger charge is 2.33. The van der Waals surface area contributed by atoms with Crippen molar-refractivity contribution in [2.45, 2.75) is 24.9 Å². The fraction of sp³-hybridized carbons (Fsp3) is 0.455. The van der Waals surface area contributed by atoms with Crippen molar-refractivity contribution in [3.8, 4) is 0 Å². The molecule has 0 amide bonds. The van der Waals surface area contributed by atoms with Gasteiger partial charge in [-0.2, -0.15) is 0 Å². The number of hydrogen-bond donors (Lipinski definition) is 2. The van der Waals surface area contributed by atoms with Crippen LogP contribution in [0.5, 0.6) is 0 Å². The van der Waals surface area contributed by atoms with Crippen LogP contribution in [0.2, 0.25) is 0 Å². The van der Waals surface area contributed by atoms with Crippen molar-refractivity contribution in [3.63, 3.8) is 0 Å². The molecule has 1 aliphatic rings. The molecule has 0 atom stereocenters. The highest BCUT2D eigenvalue weighted by atomic mass is 16.6. The van der Waals surface area contributed by atoms with E-state index in [0.717, 1.165) is 19.3 Å². The van der Waals surface area contributed by atoms with E-state index < -0.39 is 10.5 Å². The third kappa shape index (κ3) is 2.30. The van der Waals surface area contributed by atoms with E-state index in [1.54, 1.807) is 12.1 Å². The topological polar surface area (TPSA) is 75.4 Å². The van der Waals surface area contributed by atoms with Crippen molar-refractivity contribution in [2.24, 2.45) is 0 Å². The number of anilines is 1. The zero-order valence-corrected chi connectivity index (χ0v) is 8.85. The lowest BCUT2D eigenvalue weighted by Gasteiger charge is -2.36. The molecular weight excluding hydrogens is 208 g/mol. The molecule has 2 rings (SSSR count). The maximum atomic E-state index is 10.6. The molecule has 5 nitrogen and oxygen atoms in total. The van der Waals surface area contributed by atoms with Gasteiger partial charge in [0, 0.05) is 24.4 Å². The molecule has 1 fully saturated rings. The summed E-state index contributed by atoms with van der Waals surface area (Å²) in [5.41, 5.74) is 0.116. The van der Waals surface area contributed by atoms with Gasteiger partial charge in [-0.25, -0.2) is 0 Å². The largest absolute Gasteiger partial charge is 0.388 e. The van der Waals surface area contributed by atoms with Crippen LogP contribution in [0.1, 0.15) is 19.3 Å². The molecule has 0 heterocycles. The molecule has 86 valence electrons. The minimum Gasteiger partial charge on any atom is -0.388 e. The quantitative estimate of drug-likeness (QED) is 0.602. The first-order chi connectivity index (χ1) is 7.59. The summed E-state index contributed by atoms with van der Waals surface area (Å²) < 4.78 is 0. The molecule has 5 heteroatoms. The molecular formula is C11H14N2O3. The van der Waals surface area contributed by atoms with Crippen LogP contribution in [-0.2, 0) is 0 Å². The number of benzene rings is 1. The van der Waals surface area contributed by atoms with Crippen LogP contribution in [-0.4, -0.2) is 22.2 Å². The zero-order valence-electron chi connectivity index (χ0n) is 8.85. The van der Waals surface area contributed by atoms with Crippen LogP contribution >= 0.6 is 0 Å². The lowest BCUT2D eigenvalue weighted by Crippen LogP contribution is -2.43. The van der Waals surface area contributed by atoms with Crippen molar-refractivity contribution < 1.29 is 10.0 Å². The Bertz CT molecular complexity index is 402. The first kappa shape index (κ1) is 10.9. The summed E-state index contributed by atoms with van der Waals surface area (Å²) in [6.45, 7) is 0.453. The predicted octanol–water partition coefficient (Wildman–Crippen LogP) is 1.92. The molecule has 1 aromatic rings. The third-order valence-corrected chi connectivity index (χ3v) is 2.96. The Balaban J connectivity index is 1.98. The van der Waals surface area contributed by atoms with Gasteiger partial charge < -0.3 is 10.4 Å². The summed E-state index contributed by atoms with van der Waals surface area (Å²) in [7, 11) is 0. The van der Waals surface area contributed by atoms with E-state index in [4.69, 9.17) is 0 Å². The van der Waals surface area contributed by atoms with E-state index in [-0.39, 0.29) is 5.69 Å². The second kappa shape index (κ2) is 4.09. The van der Waals surface area contributed by atoms with Gasteiger partial charge >= 0.3 is 0 Å². The predicted molar refractivity (Wildman–Crippen MR) is 60.4 cm³/mol. The summed E-state index contributed by atoms with van der Waals surface area (Å²) in [5, 5.41) is 23.4. The number of nitrogens with zero attached hydrogens (tertiary/aromatic N) is 1. The van der Waals surface area contributed by atoms with Crippen LogP contribution in [0.25, 0.3) is 0 Å². The van der Waals surface area contributed by atoms with Gasteiger partial charge in [0.05, 0.1) is 10.5 Å². The Labute approximate surface area is 93.2 Å². The smallest absolute Gasteiger partial charge is 0.271 e. The van der Waals surface area contributed by atoms with Crippen LogP contribution in [0.15, 0.2) is 24.3 Å². The summed E-state index contributed by atoms with van der Waals surface area (Å²) >= 11 is 0. The lowest BCUT2D eigenvalue weighted by atomic mass is 9.80. The Morgan fingerprint density at radius 3 is 2.81 bits per heavy atom. The molecule has 0 aromatic heterocycles. The normalized spacial score (nSPS) is 17.6. The van der Waals surface area contributed by atoms with Gasteiger partial charge in [-0.3, -0.25) is 10.1 Å². The Morgan fingerprint density at radius 1 is 1.50 bits per heavy atom. The summed E-state index contributed by atoms with van der Waals surface area (Å²) in [6.07, 6.45) is 2.65. The molecule has 0 unspecified atom stereocenters. The molecule has 1 saturated carbocycles. The van der Waals surface area contributed by atoms with Gasteiger partial charge in [0.1, 0.15) is 0 Å². The van der Waals surface area contributed by atoms with E-state index in [2.05, 4.69) is 5.32 Å². The fourth-order valence-corrected chi connectivity index (χ4v) is 1.76. The third-order valence-electron chi connectivity index (χ3n) is 2.96. The molecule has 1 aromatic carbocycles. The van der Waals surface area contributed by atoms with Crippen molar-refractivity contribution in [3.05, 3.63) is 34.4 Å². The Kier molecular flexibility index (Phi) is 2.78. The monoisotopic (exact) mass is 222 g/mol. The molecule has 1 aliphatic carbocycles. The SMILES string of the molecule is O=[N+]([O-])c1cccc(NCC2(O)CCC2)c1. The minimum absolute atomic E-state index is 0.0607. The molecule has 0 saturated heterocycles. The molecule has 0 bridgehead atoms. The first-order valence-corrected chi connectivity index (χ1v) is 5.30. The second-order valence-corrected chi connectivity index (χ2v) is 4.24. The molecule has 2 N–H and O–H groups in total. The average molecular weight is 222 g/mol. The maximum Gasteiger partial charge on any atom is 0.271 e. The molecule has 0 spiro atoms. The first-order valence-electron chi connectivity index (χ1n) is 5.30. The van der Waals surface area contributed by atoms with E-state index in [9.17, 15) is 15.2 Å². The molecule has 0 aliphatic heterocycles. The van der Waals surface area contributed by atoms with Crippen LogP contribution in [0.4, 0.5) is 11.4 Å². The zero-order chi connectivity index (χ0) is 11.6. The molecule has 16 heavy (non-hydrogen) atoms. The fourth-order valence-electron chi connectivity index (χ4n) is 1.76. The van der Waals surface area contributed by atoms with Crippen LogP contribution in [0.3, 0.4) is 0 Å². The molecule has 0 radical (unpaired) electrons. The van der Waals surface area contributed by atoms with Gasteiger partial charge in [0.25, 0.3) is 5.69 Å². The Morgan fingerprint density at radius 2 is 2.25 bits per heavy atom. The lowest BCUT2D eigenvalue weighted by molar-refractivity contribution is -0.384. The number of nitro benzene ring substituents is 1. The van der Waals surface area contributed by atoms with Gasteiger partial charge in [0.2, 0.25) is 0 Å². The summed E-state index contributed by atoms with van der Waals surface area (Å²) in [4.78, 5) is 10.1. The second-order valence-electron chi connectivity index (χ2n) is 4.24. The van der Waals surface area contributed by atoms with E-state index in [1.165, 1.54) is 12.1 Å². The standard InChI is InChI=1S/C11H14N2O3/c14-11(5-2-6-11)8-12-9-3-1-4-10(7-9)13(15)16/h1,3-4,7,12,14H,2,5-6,8H2. The number of non-ortho nitro benzene ring substituents is 1. The summed E-state index contributed by atoms with van der Waals surface area (Å²) in [5.74, 6) is 0. The number of nitro groups is 1. The van der Waals surface area contributed by atoms with Crippen molar-refractivity contribution >= 4 is 11.4 Å². The van der Waals surface area contributed by atoms with Crippen molar-refractivity contribution in [1.82, 2.24) is 0 Å². The number of aliphatic hydroxyl groups is 1. The van der Waals surface area contributed by atoms with Gasteiger partial charge in [-0.15, -0.1) is 0 Å². The van der Waals surface area contributed by atoms with E-state index >= 15 is 0 Å². The van der Waals surface area contributed by atoms with Crippen LogP contribution in [0, 0.1) is 10.1 Å². The van der Waals surface area contributed by atoms with E-state index in [0.29, 0.717) is 12.2 Å². The average Bonchev–Trinajstić information content (AvgIpc) is 2.24. The Hall–Kier alpha value is -1.62. The minimum atomic E-state index is -0.620. The highest BCUT2D eigenvalue weighted by Crippen LogP contribution is 2.31. The summed E-state index contributed by atoms with van der Waals surface area (Å²) in [6, 6.07) is 6.31. The van der Waals surface area contributed by atoms with Crippen LogP contribution < -0.4 is 5.32 Å². The highest BCUT2D eigenvalue weighted by molar-refractivity contribution is 5.51. The van der Waals surface area contributed by atoms with Gasteiger partial charge in [-0.05, 0) is 25.3 Å².